The minimum Gasteiger partial charge on any atom is -0.507 e. The number of ether oxygens (including phenoxy) is 2. The Hall–Kier alpha value is -3.97. The molecule has 0 saturated carbocycles. The zero-order valence-corrected chi connectivity index (χ0v) is 20.7. The molecule has 0 radical (unpaired) electrons. The number of hydrogen-bond acceptors (Lipinski definition) is 6. The van der Waals surface area contributed by atoms with E-state index >= 15 is 0 Å². The van der Waals surface area contributed by atoms with Crippen LogP contribution in [0.25, 0.3) is 5.76 Å². The highest BCUT2D eigenvalue weighted by Gasteiger charge is 2.47. The molecule has 1 N–H and O–H groups in total. The van der Waals surface area contributed by atoms with Crippen molar-refractivity contribution in [3.05, 3.63) is 88.5 Å². The van der Waals surface area contributed by atoms with Crippen LogP contribution in [-0.4, -0.2) is 43.6 Å². The lowest BCUT2D eigenvalue weighted by atomic mass is 9.95. The Morgan fingerprint density at radius 1 is 1.11 bits per heavy atom. The van der Waals surface area contributed by atoms with Gasteiger partial charge in [-0.15, -0.1) is 0 Å². The molecule has 7 nitrogen and oxygen atoms in total. The van der Waals surface area contributed by atoms with Crippen molar-refractivity contribution in [1.82, 2.24) is 0 Å². The Kier molecular flexibility index (Phi) is 6.33. The SMILES string of the molecule is CCOc1cccc(N2C(=O)C(=O)/C(=C(\O)c3ccc4c(c3)N(C)CCO4)C2c2ccc(Cl)cc2)c1. The van der Waals surface area contributed by atoms with E-state index in [0.717, 1.165) is 5.69 Å². The van der Waals surface area contributed by atoms with Gasteiger partial charge in [-0.25, -0.2) is 0 Å². The van der Waals surface area contributed by atoms with E-state index in [9.17, 15) is 14.7 Å². The Morgan fingerprint density at radius 2 is 1.89 bits per heavy atom. The Labute approximate surface area is 214 Å². The van der Waals surface area contributed by atoms with Gasteiger partial charge in [0.25, 0.3) is 11.7 Å². The van der Waals surface area contributed by atoms with Crippen LogP contribution in [0.15, 0.2) is 72.3 Å². The molecule has 2 heterocycles. The lowest BCUT2D eigenvalue weighted by molar-refractivity contribution is -0.132. The molecular weight excluding hydrogens is 480 g/mol. The quantitative estimate of drug-likeness (QED) is 0.292. The van der Waals surface area contributed by atoms with E-state index in [0.29, 0.717) is 53.1 Å². The number of amides is 1. The summed E-state index contributed by atoms with van der Waals surface area (Å²) in [6.07, 6.45) is 0. The van der Waals surface area contributed by atoms with Crippen molar-refractivity contribution in [2.75, 3.05) is 36.6 Å². The first kappa shape index (κ1) is 23.8. The van der Waals surface area contributed by atoms with Crippen molar-refractivity contribution in [1.29, 1.82) is 0 Å². The highest BCUT2D eigenvalue weighted by molar-refractivity contribution is 6.51. The fourth-order valence-electron chi connectivity index (χ4n) is 4.60. The number of anilines is 2. The zero-order chi connectivity index (χ0) is 25.4. The third-order valence-corrected chi connectivity index (χ3v) is 6.62. The maximum atomic E-state index is 13.4. The number of likely N-dealkylation sites (N-methyl/N-ethyl adjacent to an activating group) is 1. The number of carbonyl (C=O) groups excluding carboxylic acids is 2. The number of benzene rings is 3. The summed E-state index contributed by atoms with van der Waals surface area (Å²) in [6.45, 7) is 3.59. The van der Waals surface area contributed by atoms with Crippen LogP contribution in [0.5, 0.6) is 11.5 Å². The highest BCUT2D eigenvalue weighted by atomic mass is 35.5. The van der Waals surface area contributed by atoms with Gasteiger partial charge in [-0.2, -0.15) is 0 Å². The Bertz CT molecular complexity index is 1370. The zero-order valence-electron chi connectivity index (χ0n) is 19.9. The second-order valence-corrected chi connectivity index (χ2v) is 9.04. The number of halogens is 1. The summed E-state index contributed by atoms with van der Waals surface area (Å²) in [5.41, 5.74) is 2.35. The van der Waals surface area contributed by atoms with Gasteiger partial charge in [0, 0.05) is 29.4 Å². The normalized spacial score (nSPS) is 18.7. The van der Waals surface area contributed by atoms with Gasteiger partial charge in [0.15, 0.2) is 0 Å². The molecule has 3 aromatic rings. The van der Waals surface area contributed by atoms with Gasteiger partial charge in [-0.3, -0.25) is 14.5 Å². The molecule has 0 bridgehead atoms. The number of hydrogen-bond donors (Lipinski definition) is 1. The molecule has 1 fully saturated rings. The van der Waals surface area contributed by atoms with E-state index in [2.05, 4.69) is 0 Å². The van der Waals surface area contributed by atoms with E-state index < -0.39 is 17.7 Å². The van der Waals surface area contributed by atoms with Crippen LogP contribution in [0, 0.1) is 0 Å². The molecule has 5 rings (SSSR count). The monoisotopic (exact) mass is 504 g/mol. The van der Waals surface area contributed by atoms with Gasteiger partial charge in [0.2, 0.25) is 0 Å². The maximum Gasteiger partial charge on any atom is 0.300 e. The van der Waals surface area contributed by atoms with Gasteiger partial charge in [0.1, 0.15) is 23.9 Å². The second kappa shape index (κ2) is 9.59. The largest absolute Gasteiger partial charge is 0.507 e. The molecule has 0 spiro atoms. The van der Waals surface area contributed by atoms with Crippen molar-refractivity contribution in [3.8, 4) is 11.5 Å². The van der Waals surface area contributed by atoms with Crippen molar-refractivity contribution >= 4 is 40.4 Å². The molecule has 8 heteroatoms. The standard InChI is InChI=1S/C28H25ClN2O5/c1-3-35-21-6-4-5-20(16-21)31-25(17-7-10-19(29)11-8-17)24(27(33)28(31)34)26(32)18-9-12-23-22(15-18)30(2)13-14-36-23/h4-12,15-16,25,32H,3,13-14H2,1-2H3/b26-24-. The topological polar surface area (TPSA) is 79.3 Å². The number of nitrogens with zero attached hydrogens (tertiary/aromatic N) is 2. The number of Topliss-reactive ketones (excluding diaryl/α,β-unsaturated/α-hetero) is 1. The molecule has 1 amide bonds. The van der Waals surface area contributed by atoms with Crippen LogP contribution in [0.4, 0.5) is 11.4 Å². The van der Waals surface area contributed by atoms with Gasteiger partial charge in [-0.1, -0.05) is 29.8 Å². The average molecular weight is 505 g/mol. The summed E-state index contributed by atoms with van der Waals surface area (Å²) in [5, 5.41) is 12.0. The third-order valence-electron chi connectivity index (χ3n) is 6.36. The van der Waals surface area contributed by atoms with Crippen molar-refractivity contribution in [2.45, 2.75) is 13.0 Å². The third kappa shape index (κ3) is 4.16. The first-order chi connectivity index (χ1) is 17.4. The first-order valence-electron chi connectivity index (χ1n) is 11.7. The van der Waals surface area contributed by atoms with E-state index in [1.807, 2.05) is 18.9 Å². The summed E-state index contributed by atoms with van der Waals surface area (Å²) < 4.78 is 11.3. The summed E-state index contributed by atoms with van der Waals surface area (Å²) in [6, 6.07) is 18.2. The number of fused-ring (bicyclic) bond motifs is 1. The van der Waals surface area contributed by atoms with E-state index in [4.69, 9.17) is 21.1 Å². The Morgan fingerprint density at radius 3 is 2.64 bits per heavy atom. The lowest BCUT2D eigenvalue weighted by Gasteiger charge is -2.28. The van der Waals surface area contributed by atoms with Crippen LogP contribution < -0.4 is 19.3 Å². The fraction of sp³-hybridized carbons (Fsp3) is 0.214. The molecule has 1 atom stereocenters. The van der Waals surface area contributed by atoms with Crippen molar-refractivity contribution < 1.29 is 24.2 Å². The molecule has 2 aliphatic heterocycles. The number of aliphatic hydroxyl groups excluding tert-OH is 1. The minimum atomic E-state index is -0.857. The number of aliphatic hydroxyl groups is 1. The summed E-state index contributed by atoms with van der Waals surface area (Å²) >= 11 is 6.12. The van der Waals surface area contributed by atoms with Gasteiger partial charge < -0.3 is 19.5 Å². The molecule has 1 saturated heterocycles. The van der Waals surface area contributed by atoms with Crippen LogP contribution >= 0.6 is 11.6 Å². The predicted octanol–water partition coefficient (Wildman–Crippen LogP) is 5.19. The van der Waals surface area contributed by atoms with Crippen LogP contribution in [0.1, 0.15) is 24.1 Å². The summed E-state index contributed by atoms with van der Waals surface area (Å²) in [7, 11) is 1.93. The van der Waals surface area contributed by atoms with Crippen LogP contribution in [-0.2, 0) is 9.59 Å². The van der Waals surface area contributed by atoms with Crippen LogP contribution in [0.2, 0.25) is 5.02 Å². The molecule has 0 aromatic heterocycles. The Balaban J connectivity index is 1.68. The van der Waals surface area contributed by atoms with Gasteiger partial charge in [-0.05, 0) is 55.0 Å². The van der Waals surface area contributed by atoms with Crippen molar-refractivity contribution in [2.24, 2.45) is 0 Å². The number of carbonyl (C=O) groups is 2. The molecular formula is C28H25ClN2O5. The number of rotatable bonds is 5. The first-order valence-corrected chi connectivity index (χ1v) is 12.0. The van der Waals surface area contributed by atoms with Gasteiger partial charge >= 0.3 is 0 Å². The van der Waals surface area contributed by atoms with E-state index in [-0.39, 0.29) is 11.3 Å². The minimum absolute atomic E-state index is 0.00321. The smallest absolute Gasteiger partial charge is 0.300 e. The second-order valence-electron chi connectivity index (χ2n) is 8.60. The predicted molar refractivity (Wildman–Crippen MR) is 139 cm³/mol. The van der Waals surface area contributed by atoms with E-state index in [1.165, 1.54) is 4.90 Å². The molecule has 2 aliphatic rings. The summed E-state index contributed by atoms with van der Waals surface area (Å²) in [5.74, 6) is -0.481. The maximum absolute atomic E-state index is 13.4. The number of ketones is 1. The fourth-order valence-corrected chi connectivity index (χ4v) is 4.73. The average Bonchev–Trinajstić information content (AvgIpc) is 3.15. The van der Waals surface area contributed by atoms with E-state index in [1.54, 1.807) is 66.7 Å². The van der Waals surface area contributed by atoms with Crippen LogP contribution in [0.3, 0.4) is 0 Å². The highest BCUT2D eigenvalue weighted by Crippen LogP contribution is 2.44. The lowest BCUT2D eigenvalue weighted by Crippen LogP contribution is -2.29. The van der Waals surface area contributed by atoms with Crippen molar-refractivity contribution in [3.63, 3.8) is 0 Å². The molecule has 36 heavy (non-hydrogen) atoms. The molecule has 184 valence electrons. The molecule has 0 aliphatic carbocycles. The summed E-state index contributed by atoms with van der Waals surface area (Å²) in [4.78, 5) is 30.2. The molecule has 3 aromatic carbocycles. The molecule has 1 unspecified atom stereocenters. The van der Waals surface area contributed by atoms with Gasteiger partial charge in [0.05, 0.1) is 30.5 Å².